The van der Waals surface area contributed by atoms with Gasteiger partial charge in [0.25, 0.3) is 0 Å². The molecule has 0 bridgehead atoms. The number of aliphatic hydroxyl groups is 1. The number of hydrogen-bond donors (Lipinski definition) is 1. The molecule has 1 N–H and O–H groups in total. The molecule has 1 nitrogen and oxygen atoms in total. The fourth-order valence-corrected chi connectivity index (χ4v) is 1.12. The average Bonchev–Trinajstić information content (AvgIpc) is 1.85. The number of unbranched alkanes of at least 4 members (excludes halogenated alkanes) is 3. The van der Waals surface area contributed by atoms with Crippen LogP contribution in [0, 0.1) is 5.41 Å². The van der Waals surface area contributed by atoms with E-state index < -0.39 is 0 Å². The predicted octanol–water partition coefficient (Wildman–Crippen LogP) is 2.98. The van der Waals surface area contributed by atoms with Crippen molar-refractivity contribution in [3.8, 4) is 0 Å². The maximum absolute atomic E-state index is 8.53. The summed E-state index contributed by atoms with van der Waals surface area (Å²) in [6.07, 6.45) is 6.05. The number of hydrogen-bond acceptors (Lipinski definition) is 1. The van der Waals surface area contributed by atoms with Crippen LogP contribution < -0.4 is 0 Å². The molecule has 11 heavy (non-hydrogen) atoms. The van der Waals surface area contributed by atoms with Gasteiger partial charge in [-0.1, -0.05) is 40.0 Å². The van der Waals surface area contributed by atoms with Gasteiger partial charge in [-0.3, -0.25) is 0 Å². The van der Waals surface area contributed by atoms with Crippen molar-refractivity contribution in [2.75, 3.05) is 6.61 Å². The molecular formula is C10H22O. The van der Waals surface area contributed by atoms with Crippen LogP contribution in [0.5, 0.6) is 0 Å². The third-order valence-corrected chi connectivity index (χ3v) is 1.83. The van der Waals surface area contributed by atoms with E-state index in [-0.39, 0.29) is 0 Å². The summed E-state index contributed by atoms with van der Waals surface area (Å²) >= 11 is 0. The van der Waals surface area contributed by atoms with Crippen molar-refractivity contribution in [2.24, 2.45) is 5.41 Å². The van der Waals surface area contributed by atoms with Gasteiger partial charge in [-0.25, -0.2) is 0 Å². The highest BCUT2D eigenvalue weighted by atomic mass is 16.2. The molecule has 0 saturated carbocycles. The SMILES string of the molecule is CC(C)(C)CCCCCCO. The van der Waals surface area contributed by atoms with Crippen molar-refractivity contribution in [3.05, 3.63) is 0 Å². The van der Waals surface area contributed by atoms with Crippen LogP contribution >= 0.6 is 0 Å². The van der Waals surface area contributed by atoms with E-state index in [1.54, 1.807) is 0 Å². The third kappa shape index (κ3) is 9.96. The van der Waals surface area contributed by atoms with Crippen LogP contribution in [0.2, 0.25) is 0 Å². The first-order valence-electron chi connectivity index (χ1n) is 4.67. The molecule has 0 saturated heterocycles. The van der Waals surface area contributed by atoms with E-state index in [2.05, 4.69) is 20.8 Å². The standard InChI is InChI=1S/C10H22O/c1-10(2,3)8-6-4-5-7-9-11/h11H,4-9H2,1-3H3. The minimum atomic E-state index is 0.357. The Hall–Kier alpha value is -0.0400. The van der Waals surface area contributed by atoms with Gasteiger partial charge in [0.15, 0.2) is 0 Å². The Morgan fingerprint density at radius 1 is 0.909 bits per heavy atom. The lowest BCUT2D eigenvalue weighted by molar-refractivity contribution is 0.279. The van der Waals surface area contributed by atoms with Gasteiger partial charge in [0, 0.05) is 6.61 Å². The van der Waals surface area contributed by atoms with Crippen LogP contribution in [-0.4, -0.2) is 11.7 Å². The van der Waals surface area contributed by atoms with E-state index in [0.717, 1.165) is 6.42 Å². The Morgan fingerprint density at radius 2 is 1.45 bits per heavy atom. The molecule has 0 aliphatic rings. The zero-order chi connectivity index (χ0) is 8.74. The summed E-state index contributed by atoms with van der Waals surface area (Å²) in [6, 6.07) is 0. The Bertz CT molecular complexity index is 81.4. The summed E-state index contributed by atoms with van der Waals surface area (Å²) in [4.78, 5) is 0. The molecule has 0 rings (SSSR count). The third-order valence-electron chi connectivity index (χ3n) is 1.83. The van der Waals surface area contributed by atoms with Crippen molar-refractivity contribution in [1.82, 2.24) is 0 Å². The molecule has 0 spiro atoms. The second-order valence-corrected chi connectivity index (χ2v) is 4.45. The van der Waals surface area contributed by atoms with Crippen LogP contribution in [0.3, 0.4) is 0 Å². The van der Waals surface area contributed by atoms with Crippen LogP contribution in [0.1, 0.15) is 52.9 Å². The normalized spacial score (nSPS) is 12.0. The first-order chi connectivity index (χ1) is 5.06. The zero-order valence-electron chi connectivity index (χ0n) is 8.19. The van der Waals surface area contributed by atoms with Crippen molar-refractivity contribution in [1.29, 1.82) is 0 Å². The highest BCUT2D eigenvalue weighted by molar-refractivity contribution is 4.60. The van der Waals surface area contributed by atoms with Crippen LogP contribution in [0.15, 0.2) is 0 Å². The average molecular weight is 158 g/mol. The van der Waals surface area contributed by atoms with Gasteiger partial charge in [-0.05, 0) is 18.3 Å². The van der Waals surface area contributed by atoms with Gasteiger partial charge in [0.2, 0.25) is 0 Å². The Morgan fingerprint density at radius 3 is 1.91 bits per heavy atom. The molecule has 68 valence electrons. The summed E-state index contributed by atoms with van der Waals surface area (Å²) in [5.74, 6) is 0. The van der Waals surface area contributed by atoms with Crippen molar-refractivity contribution in [3.63, 3.8) is 0 Å². The Balaban J connectivity index is 3.02. The zero-order valence-corrected chi connectivity index (χ0v) is 8.19. The van der Waals surface area contributed by atoms with Crippen molar-refractivity contribution < 1.29 is 5.11 Å². The summed E-state index contributed by atoms with van der Waals surface area (Å²) in [7, 11) is 0. The quantitative estimate of drug-likeness (QED) is 0.610. The Labute approximate surface area is 70.8 Å². The predicted molar refractivity (Wildman–Crippen MR) is 49.6 cm³/mol. The summed E-state index contributed by atoms with van der Waals surface area (Å²) < 4.78 is 0. The van der Waals surface area contributed by atoms with E-state index in [9.17, 15) is 0 Å². The second-order valence-electron chi connectivity index (χ2n) is 4.45. The molecule has 0 fully saturated rings. The minimum absolute atomic E-state index is 0.357. The van der Waals surface area contributed by atoms with Gasteiger partial charge in [0.05, 0.1) is 0 Å². The van der Waals surface area contributed by atoms with Crippen LogP contribution in [0.4, 0.5) is 0 Å². The fourth-order valence-electron chi connectivity index (χ4n) is 1.12. The van der Waals surface area contributed by atoms with Gasteiger partial charge in [-0.15, -0.1) is 0 Å². The van der Waals surface area contributed by atoms with Crippen LogP contribution in [-0.2, 0) is 0 Å². The first kappa shape index (κ1) is 11.0. The molecule has 0 aliphatic heterocycles. The molecule has 0 radical (unpaired) electrons. The lowest BCUT2D eigenvalue weighted by Crippen LogP contribution is -2.03. The fraction of sp³-hybridized carbons (Fsp3) is 1.00. The molecule has 0 aromatic rings. The second kappa shape index (κ2) is 5.59. The van der Waals surface area contributed by atoms with E-state index in [1.807, 2.05) is 0 Å². The molecule has 0 aliphatic carbocycles. The van der Waals surface area contributed by atoms with Crippen molar-refractivity contribution in [2.45, 2.75) is 52.9 Å². The number of rotatable bonds is 5. The monoisotopic (exact) mass is 158 g/mol. The molecule has 0 unspecified atom stereocenters. The molecule has 0 aromatic heterocycles. The van der Waals surface area contributed by atoms with Crippen molar-refractivity contribution >= 4 is 0 Å². The van der Waals surface area contributed by atoms with E-state index in [0.29, 0.717) is 12.0 Å². The molecular weight excluding hydrogens is 136 g/mol. The highest BCUT2D eigenvalue weighted by Gasteiger charge is 2.08. The van der Waals surface area contributed by atoms with Gasteiger partial charge >= 0.3 is 0 Å². The molecule has 1 heteroatoms. The molecule has 0 amide bonds. The van der Waals surface area contributed by atoms with E-state index in [4.69, 9.17) is 5.11 Å². The minimum Gasteiger partial charge on any atom is -0.396 e. The number of aliphatic hydroxyl groups excluding tert-OH is 1. The van der Waals surface area contributed by atoms with Gasteiger partial charge in [0.1, 0.15) is 0 Å². The maximum Gasteiger partial charge on any atom is 0.0431 e. The van der Waals surface area contributed by atoms with Gasteiger partial charge in [-0.2, -0.15) is 0 Å². The maximum atomic E-state index is 8.53. The summed E-state index contributed by atoms with van der Waals surface area (Å²) in [5.41, 5.74) is 0.485. The van der Waals surface area contributed by atoms with Gasteiger partial charge < -0.3 is 5.11 Å². The molecule has 0 atom stereocenters. The summed E-state index contributed by atoms with van der Waals surface area (Å²) in [5, 5.41) is 8.53. The topological polar surface area (TPSA) is 20.2 Å². The molecule has 0 aromatic carbocycles. The molecule has 0 heterocycles. The smallest absolute Gasteiger partial charge is 0.0431 e. The Kier molecular flexibility index (Phi) is 5.57. The highest BCUT2D eigenvalue weighted by Crippen LogP contribution is 2.22. The van der Waals surface area contributed by atoms with E-state index >= 15 is 0 Å². The first-order valence-corrected chi connectivity index (χ1v) is 4.67. The lowest BCUT2D eigenvalue weighted by Gasteiger charge is -2.17. The van der Waals surface area contributed by atoms with E-state index in [1.165, 1.54) is 25.7 Å². The lowest BCUT2D eigenvalue weighted by atomic mass is 9.89. The largest absolute Gasteiger partial charge is 0.396 e. The summed E-state index contributed by atoms with van der Waals surface area (Å²) in [6.45, 7) is 7.19. The van der Waals surface area contributed by atoms with Crippen LogP contribution in [0.25, 0.3) is 0 Å².